The van der Waals surface area contributed by atoms with E-state index in [4.69, 9.17) is 19.0 Å². The molecule has 0 aliphatic rings. The molecule has 0 amide bonds. The van der Waals surface area contributed by atoms with Gasteiger partial charge in [0.1, 0.15) is 5.75 Å². The number of aliphatic hydroxyl groups excluding tert-OH is 1. The summed E-state index contributed by atoms with van der Waals surface area (Å²) in [5.74, 6) is 1.69. The Morgan fingerprint density at radius 1 is 0.912 bits per heavy atom. The summed E-state index contributed by atoms with van der Waals surface area (Å²) in [5.41, 5.74) is 5.65. The highest BCUT2D eigenvalue weighted by Gasteiger charge is 2.18. The zero-order valence-electron chi connectivity index (χ0n) is 19.5. The molecule has 1 aromatic heterocycles. The molecule has 1 heterocycles. The van der Waals surface area contributed by atoms with E-state index in [0.717, 1.165) is 27.8 Å². The van der Waals surface area contributed by atoms with Crippen LogP contribution in [0.2, 0.25) is 0 Å². The van der Waals surface area contributed by atoms with E-state index >= 15 is 0 Å². The van der Waals surface area contributed by atoms with Crippen LogP contribution < -0.4 is 20.1 Å². The number of nitrogens with one attached hydrogen (secondary N) is 2. The minimum absolute atomic E-state index is 0.0399. The molecule has 3 N–H and O–H groups in total. The lowest BCUT2D eigenvalue weighted by molar-refractivity contribution is 0.290. The van der Waals surface area contributed by atoms with Crippen molar-refractivity contribution < 1.29 is 19.0 Å². The Labute approximate surface area is 198 Å². The largest absolute Gasteiger partial charge is 0.496 e. The number of hydrogen-bond acceptors (Lipinski definition) is 8. The van der Waals surface area contributed by atoms with Gasteiger partial charge in [0, 0.05) is 18.7 Å². The molecule has 0 radical (unpaired) electrons. The van der Waals surface area contributed by atoms with Gasteiger partial charge < -0.3 is 29.6 Å². The molecule has 3 aromatic carbocycles. The van der Waals surface area contributed by atoms with Crippen LogP contribution in [0.1, 0.15) is 11.1 Å². The Balaban J connectivity index is 1.62. The van der Waals surface area contributed by atoms with Crippen LogP contribution in [0.4, 0.5) is 11.7 Å². The molecule has 34 heavy (non-hydrogen) atoms. The fraction of sp³-hybridized carbons (Fsp3) is 0.231. The summed E-state index contributed by atoms with van der Waals surface area (Å²) in [6, 6.07) is 20.2. The van der Waals surface area contributed by atoms with Gasteiger partial charge in [0.2, 0.25) is 5.89 Å². The summed E-state index contributed by atoms with van der Waals surface area (Å²) in [5, 5.41) is 23.9. The smallest absolute Gasteiger partial charge is 0.320 e. The van der Waals surface area contributed by atoms with Crippen molar-refractivity contribution in [3.63, 3.8) is 0 Å². The van der Waals surface area contributed by atoms with Crippen molar-refractivity contribution in [2.75, 3.05) is 32.7 Å². The first-order valence-corrected chi connectivity index (χ1v) is 11.0. The van der Waals surface area contributed by atoms with Crippen molar-refractivity contribution in [2.45, 2.75) is 13.5 Å². The number of aliphatic hydroxyl groups is 1. The summed E-state index contributed by atoms with van der Waals surface area (Å²) < 4.78 is 17.1. The maximum Gasteiger partial charge on any atom is 0.320 e. The molecular weight excluding hydrogens is 432 g/mol. The van der Waals surface area contributed by atoms with E-state index < -0.39 is 0 Å². The molecule has 0 bridgehead atoms. The maximum absolute atomic E-state index is 9.08. The van der Waals surface area contributed by atoms with Crippen LogP contribution in [0.15, 0.2) is 65.1 Å². The topological polar surface area (TPSA) is 102 Å². The van der Waals surface area contributed by atoms with Gasteiger partial charge >= 0.3 is 6.01 Å². The standard InChI is InChI=1S/C26H28N4O4/c1-17-19(18-8-5-4-6-9-18)10-7-11-20(17)25-29-30-26(34-25)28-22-12-13-23(32-2)21(24(22)33-3)16-27-14-15-31/h4-13,27,31H,14-16H2,1-3H3,(H,28,30). The number of rotatable bonds is 10. The fourth-order valence-corrected chi connectivity index (χ4v) is 3.89. The second-order valence-electron chi connectivity index (χ2n) is 7.61. The predicted octanol–water partition coefficient (Wildman–Crippen LogP) is 4.55. The van der Waals surface area contributed by atoms with Crippen LogP contribution in [0.3, 0.4) is 0 Å². The Bertz CT molecular complexity index is 1240. The van der Waals surface area contributed by atoms with Gasteiger partial charge in [-0.2, -0.15) is 0 Å². The van der Waals surface area contributed by atoms with Crippen molar-refractivity contribution in [1.82, 2.24) is 15.5 Å². The van der Waals surface area contributed by atoms with Crippen molar-refractivity contribution in [1.29, 1.82) is 0 Å². The number of anilines is 2. The minimum Gasteiger partial charge on any atom is -0.496 e. The molecule has 8 heteroatoms. The highest BCUT2D eigenvalue weighted by Crippen LogP contribution is 2.38. The van der Waals surface area contributed by atoms with Gasteiger partial charge in [0.15, 0.2) is 5.75 Å². The third-order valence-corrected chi connectivity index (χ3v) is 5.55. The van der Waals surface area contributed by atoms with E-state index in [0.29, 0.717) is 36.2 Å². The van der Waals surface area contributed by atoms with Crippen molar-refractivity contribution in [2.24, 2.45) is 0 Å². The molecule has 0 spiro atoms. The van der Waals surface area contributed by atoms with Gasteiger partial charge in [0.05, 0.1) is 32.1 Å². The van der Waals surface area contributed by atoms with Crippen molar-refractivity contribution in [3.8, 4) is 34.1 Å². The van der Waals surface area contributed by atoms with E-state index in [1.54, 1.807) is 14.2 Å². The molecule has 0 aliphatic carbocycles. The number of methoxy groups -OCH3 is 2. The second-order valence-corrected chi connectivity index (χ2v) is 7.61. The number of ether oxygens (including phenoxy) is 2. The molecule has 4 aromatic rings. The Kier molecular flexibility index (Phi) is 7.41. The number of nitrogens with zero attached hydrogens (tertiary/aromatic N) is 2. The number of hydrogen-bond donors (Lipinski definition) is 3. The summed E-state index contributed by atoms with van der Waals surface area (Å²) in [4.78, 5) is 0. The van der Waals surface area contributed by atoms with Crippen LogP contribution in [0, 0.1) is 6.92 Å². The minimum atomic E-state index is 0.0399. The highest BCUT2D eigenvalue weighted by atomic mass is 16.5. The van der Waals surface area contributed by atoms with E-state index in [1.165, 1.54) is 0 Å². The average molecular weight is 461 g/mol. The lowest BCUT2D eigenvalue weighted by Crippen LogP contribution is -2.18. The summed E-state index contributed by atoms with van der Waals surface area (Å²) >= 11 is 0. The summed E-state index contributed by atoms with van der Waals surface area (Å²) in [6.45, 7) is 3.01. The zero-order chi connectivity index (χ0) is 23.9. The first-order valence-electron chi connectivity index (χ1n) is 11.0. The summed E-state index contributed by atoms with van der Waals surface area (Å²) in [7, 11) is 3.20. The van der Waals surface area contributed by atoms with Gasteiger partial charge in [-0.25, -0.2) is 0 Å². The molecule has 4 rings (SSSR count). The SMILES string of the molecule is COc1ccc(Nc2nnc(-c3cccc(-c4ccccc4)c3C)o2)c(OC)c1CNCCO. The van der Waals surface area contributed by atoms with Crippen LogP contribution in [0.25, 0.3) is 22.6 Å². The fourth-order valence-electron chi connectivity index (χ4n) is 3.89. The van der Waals surface area contributed by atoms with Gasteiger partial charge in [-0.1, -0.05) is 47.6 Å². The van der Waals surface area contributed by atoms with Gasteiger partial charge in [-0.3, -0.25) is 0 Å². The molecule has 0 atom stereocenters. The molecular formula is C26H28N4O4. The van der Waals surface area contributed by atoms with Crippen LogP contribution in [-0.4, -0.2) is 42.7 Å². The normalized spacial score (nSPS) is 10.8. The van der Waals surface area contributed by atoms with Crippen LogP contribution in [0.5, 0.6) is 11.5 Å². The van der Waals surface area contributed by atoms with E-state index in [9.17, 15) is 0 Å². The van der Waals surface area contributed by atoms with Crippen molar-refractivity contribution >= 4 is 11.7 Å². The van der Waals surface area contributed by atoms with Gasteiger partial charge in [0.25, 0.3) is 0 Å². The third-order valence-electron chi connectivity index (χ3n) is 5.55. The third kappa shape index (κ3) is 4.88. The van der Waals surface area contributed by atoms with Crippen molar-refractivity contribution in [3.05, 3.63) is 71.8 Å². The highest BCUT2D eigenvalue weighted by molar-refractivity contribution is 5.75. The second kappa shape index (κ2) is 10.8. The molecule has 0 unspecified atom stereocenters. The molecule has 176 valence electrons. The van der Waals surface area contributed by atoms with E-state index in [2.05, 4.69) is 39.0 Å². The Hall–Kier alpha value is -3.88. The Morgan fingerprint density at radius 2 is 1.71 bits per heavy atom. The Morgan fingerprint density at radius 3 is 2.44 bits per heavy atom. The lowest BCUT2D eigenvalue weighted by Gasteiger charge is -2.17. The molecule has 0 fully saturated rings. The molecule has 0 saturated heterocycles. The van der Waals surface area contributed by atoms with Gasteiger partial charge in [-0.15, -0.1) is 5.10 Å². The van der Waals surface area contributed by atoms with Crippen LogP contribution in [-0.2, 0) is 6.54 Å². The first kappa shape index (κ1) is 23.3. The molecule has 0 saturated carbocycles. The first-order chi connectivity index (χ1) is 16.7. The lowest BCUT2D eigenvalue weighted by atomic mass is 9.96. The molecule has 8 nitrogen and oxygen atoms in total. The average Bonchev–Trinajstić information content (AvgIpc) is 3.33. The molecule has 0 aliphatic heterocycles. The van der Waals surface area contributed by atoms with E-state index in [1.807, 2.05) is 49.4 Å². The monoisotopic (exact) mass is 460 g/mol. The maximum atomic E-state index is 9.08. The number of aromatic nitrogens is 2. The van der Waals surface area contributed by atoms with Crippen LogP contribution >= 0.6 is 0 Å². The summed E-state index contributed by atoms with van der Waals surface area (Å²) in [6.07, 6.45) is 0. The predicted molar refractivity (Wildman–Crippen MR) is 132 cm³/mol. The number of benzene rings is 3. The quantitative estimate of drug-likeness (QED) is 0.296. The van der Waals surface area contributed by atoms with Gasteiger partial charge in [-0.05, 0) is 41.8 Å². The zero-order valence-corrected chi connectivity index (χ0v) is 19.5. The van der Waals surface area contributed by atoms with E-state index in [-0.39, 0.29) is 12.6 Å².